The molecular formula is C23H29N3O2S. The van der Waals surface area contributed by atoms with E-state index >= 15 is 0 Å². The van der Waals surface area contributed by atoms with Crippen LogP contribution >= 0.6 is 11.3 Å². The third-order valence-corrected chi connectivity index (χ3v) is 6.31. The Morgan fingerprint density at radius 3 is 2.41 bits per heavy atom. The minimum atomic E-state index is -0.145. The maximum Gasteiger partial charge on any atom is 0.263 e. The number of aromatic nitrogens is 2. The quantitative estimate of drug-likeness (QED) is 0.566. The number of fused-ring (bicyclic) bond motifs is 1. The normalized spacial score (nSPS) is 11.2. The van der Waals surface area contributed by atoms with Crippen molar-refractivity contribution in [2.24, 2.45) is 0 Å². The van der Waals surface area contributed by atoms with Gasteiger partial charge in [0, 0.05) is 23.5 Å². The number of carbonyl (C=O) groups is 1. The van der Waals surface area contributed by atoms with E-state index in [9.17, 15) is 9.59 Å². The minimum Gasteiger partial charge on any atom is -0.341 e. The van der Waals surface area contributed by atoms with Crippen LogP contribution in [0.25, 0.3) is 21.3 Å². The van der Waals surface area contributed by atoms with Crippen LogP contribution in [0.15, 0.2) is 29.3 Å². The zero-order valence-electron chi connectivity index (χ0n) is 17.9. The van der Waals surface area contributed by atoms with E-state index in [-0.39, 0.29) is 18.0 Å². The molecule has 3 aromatic rings. The van der Waals surface area contributed by atoms with Crippen molar-refractivity contribution in [2.75, 3.05) is 13.1 Å². The van der Waals surface area contributed by atoms with Gasteiger partial charge in [0.25, 0.3) is 5.56 Å². The largest absolute Gasteiger partial charge is 0.341 e. The van der Waals surface area contributed by atoms with Gasteiger partial charge in [-0.1, -0.05) is 32.0 Å². The topological polar surface area (TPSA) is 55.2 Å². The van der Waals surface area contributed by atoms with Crippen molar-refractivity contribution in [3.05, 3.63) is 50.9 Å². The van der Waals surface area contributed by atoms with Crippen LogP contribution in [-0.4, -0.2) is 33.4 Å². The lowest BCUT2D eigenvalue weighted by Gasteiger charge is -2.21. The molecule has 0 aliphatic rings. The van der Waals surface area contributed by atoms with Crippen molar-refractivity contribution >= 4 is 27.5 Å². The molecule has 0 spiro atoms. The average molecular weight is 412 g/mol. The Labute approximate surface area is 176 Å². The van der Waals surface area contributed by atoms with E-state index in [1.807, 2.05) is 11.8 Å². The van der Waals surface area contributed by atoms with Crippen LogP contribution in [0.1, 0.15) is 42.7 Å². The number of nitrogens with zero attached hydrogens (tertiary/aromatic N) is 3. The summed E-state index contributed by atoms with van der Waals surface area (Å²) in [4.78, 5) is 34.2. The molecule has 2 aromatic heterocycles. The number of hydrogen-bond donors (Lipinski definition) is 0. The van der Waals surface area contributed by atoms with Crippen LogP contribution in [0.3, 0.4) is 0 Å². The average Bonchev–Trinajstić information content (AvgIpc) is 3.03. The number of thiophene rings is 1. The predicted octanol–water partition coefficient (Wildman–Crippen LogP) is 4.70. The highest BCUT2D eigenvalue weighted by atomic mass is 32.1. The predicted molar refractivity (Wildman–Crippen MR) is 121 cm³/mol. The molecule has 1 amide bonds. The van der Waals surface area contributed by atoms with Gasteiger partial charge in [-0.15, -0.1) is 11.3 Å². The van der Waals surface area contributed by atoms with Gasteiger partial charge in [-0.2, -0.15) is 0 Å². The summed E-state index contributed by atoms with van der Waals surface area (Å²) in [5.74, 6) is -0.0309. The van der Waals surface area contributed by atoms with Gasteiger partial charge in [-0.25, -0.2) is 4.98 Å². The van der Waals surface area contributed by atoms with E-state index in [1.165, 1.54) is 33.4 Å². The molecule has 0 aliphatic heterocycles. The molecule has 0 saturated heterocycles. The summed E-state index contributed by atoms with van der Waals surface area (Å²) in [7, 11) is 0. The lowest BCUT2D eigenvalue weighted by Crippen LogP contribution is -2.37. The van der Waals surface area contributed by atoms with E-state index in [2.05, 4.69) is 50.9 Å². The van der Waals surface area contributed by atoms with Crippen LogP contribution < -0.4 is 5.56 Å². The van der Waals surface area contributed by atoms with Crippen molar-refractivity contribution in [1.29, 1.82) is 0 Å². The molecule has 0 N–H and O–H groups in total. The number of benzene rings is 1. The van der Waals surface area contributed by atoms with Gasteiger partial charge in [-0.3, -0.25) is 14.2 Å². The van der Waals surface area contributed by atoms with Gasteiger partial charge in [-0.05, 0) is 50.3 Å². The standard InChI is InChI=1S/C23H29N3O2S/c1-6-10-25(11-7-2)19(27)13-26-14-24-22-21(23(26)28)20(17(5)29-22)18-9-8-15(3)16(4)12-18/h8-9,12,14H,6-7,10-11,13H2,1-5H3. The molecule has 6 heteroatoms. The number of amides is 1. The first-order chi connectivity index (χ1) is 13.9. The van der Waals surface area contributed by atoms with Crippen molar-refractivity contribution in [3.8, 4) is 11.1 Å². The first kappa shape index (κ1) is 21.2. The lowest BCUT2D eigenvalue weighted by atomic mass is 9.99. The molecular weight excluding hydrogens is 382 g/mol. The molecule has 3 rings (SSSR count). The Balaban J connectivity index is 2.06. The van der Waals surface area contributed by atoms with Gasteiger partial charge in [0.15, 0.2) is 0 Å². The van der Waals surface area contributed by atoms with E-state index in [4.69, 9.17) is 0 Å². The SMILES string of the molecule is CCCN(CCC)C(=O)Cn1cnc2sc(C)c(-c3ccc(C)c(C)c3)c2c1=O. The Hall–Kier alpha value is -2.47. The third-order valence-electron chi connectivity index (χ3n) is 5.30. The van der Waals surface area contributed by atoms with E-state index in [1.54, 1.807) is 0 Å². The molecule has 29 heavy (non-hydrogen) atoms. The van der Waals surface area contributed by atoms with Crippen LogP contribution in [0.5, 0.6) is 0 Å². The van der Waals surface area contributed by atoms with Crippen LogP contribution in [0, 0.1) is 20.8 Å². The summed E-state index contributed by atoms with van der Waals surface area (Å²) in [6.07, 6.45) is 3.32. The minimum absolute atomic E-state index is 0.0308. The van der Waals surface area contributed by atoms with E-state index in [0.717, 1.165) is 33.7 Å². The molecule has 1 aromatic carbocycles. The van der Waals surface area contributed by atoms with Crippen LogP contribution in [-0.2, 0) is 11.3 Å². The van der Waals surface area contributed by atoms with E-state index < -0.39 is 0 Å². The van der Waals surface area contributed by atoms with E-state index in [0.29, 0.717) is 18.5 Å². The smallest absolute Gasteiger partial charge is 0.263 e. The number of hydrogen-bond acceptors (Lipinski definition) is 4. The Morgan fingerprint density at radius 2 is 1.79 bits per heavy atom. The van der Waals surface area contributed by atoms with Crippen LogP contribution in [0.2, 0.25) is 0 Å². The second-order valence-corrected chi connectivity index (χ2v) is 8.77. The summed E-state index contributed by atoms with van der Waals surface area (Å²) in [5.41, 5.74) is 4.23. The highest BCUT2D eigenvalue weighted by Crippen LogP contribution is 2.36. The highest BCUT2D eigenvalue weighted by molar-refractivity contribution is 7.19. The summed E-state index contributed by atoms with van der Waals surface area (Å²) in [5, 5.41) is 0.614. The Morgan fingerprint density at radius 1 is 1.10 bits per heavy atom. The zero-order chi connectivity index (χ0) is 21.1. The molecule has 154 valence electrons. The Bertz CT molecular complexity index is 1090. The van der Waals surface area contributed by atoms with Gasteiger partial charge < -0.3 is 4.90 Å². The number of aryl methyl sites for hydroxylation is 3. The number of rotatable bonds is 7. The fraction of sp³-hybridized carbons (Fsp3) is 0.435. The molecule has 0 fully saturated rings. The van der Waals surface area contributed by atoms with Crippen molar-refractivity contribution < 1.29 is 4.79 Å². The number of carbonyl (C=O) groups excluding carboxylic acids is 1. The first-order valence-electron chi connectivity index (χ1n) is 10.2. The molecule has 2 heterocycles. The Kier molecular flexibility index (Phi) is 6.52. The summed E-state index contributed by atoms with van der Waals surface area (Å²) >= 11 is 1.53. The molecule has 0 atom stereocenters. The zero-order valence-corrected chi connectivity index (χ0v) is 18.7. The van der Waals surface area contributed by atoms with Gasteiger partial charge >= 0.3 is 0 Å². The second kappa shape index (κ2) is 8.91. The maximum absolute atomic E-state index is 13.3. The molecule has 0 aliphatic carbocycles. The van der Waals surface area contributed by atoms with Gasteiger partial charge in [0.05, 0.1) is 11.7 Å². The van der Waals surface area contributed by atoms with Crippen molar-refractivity contribution in [2.45, 2.75) is 54.0 Å². The monoisotopic (exact) mass is 411 g/mol. The summed E-state index contributed by atoms with van der Waals surface area (Å²) < 4.78 is 1.46. The van der Waals surface area contributed by atoms with Crippen molar-refractivity contribution in [3.63, 3.8) is 0 Å². The van der Waals surface area contributed by atoms with Gasteiger partial charge in [0.1, 0.15) is 11.4 Å². The summed E-state index contributed by atoms with van der Waals surface area (Å²) in [6, 6.07) is 6.26. The summed E-state index contributed by atoms with van der Waals surface area (Å²) in [6.45, 7) is 11.7. The van der Waals surface area contributed by atoms with Gasteiger partial charge in [0.2, 0.25) is 5.91 Å². The molecule has 5 nitrogen and oxygen atoms in total. The highest BCUT2D eigenvalue weighted by Gasteiger charge is 2.19. The maximum atomic E-state index is 13.3. The fourth-order valence-corrected chi connectivity index (χ4v) is 4.64. The third kappa shape index (κ3) is 4.27. The molecule has 0 bridgehead atoms. The fourth-order valence-electron chi connectivity index (χ4n) is 3.64. The molecule has 0 unspecified atom stereocenters. The first-order valence-corrected chi connectivity index (χ1v) is 11.0. The van der Waals surface area contributed by atoms with Crippen LogP contribution in [0.4, 0.5) is 0 Å². The van der Waals surface area contributed by atoms with Crippen molar-refractivity contribution in [1.82, 2.24) is 14.5 Å². The lowest BCUT2D eigenvalue weighted by molar-refractivity contribution is -0.132. The molecule has 0 radical (unpaired) electrons. The molecule has 0 saturated carbocycles. The second-order valence-electron chi connectivity index (χ2n) is 7.57.